The topological polar surface area (TPSA) is 66.5 Å². The van der Waals surface area contributed by atoms with Crippen LogP contribution in [0.5, 0.6) is 0 Å². The van der Waals surface area contributed by atoms with Gasteiger partial charge in [0.1, 0.15) is 0 Å². The minimum absolute atomic E-state index is 0.0340. The van der Waals surface area contributed by atoms with Crippen molar-refractivity contribution in [3.63, 3.8) is 0 Å². The Kier molecular flexibility index (Phi) is 4.75. The van der Waals surface area contributed by atoms with E-state index < -0.39 is 0 Å². The van der Waals surface area contributed by atoms with Crippen LogP contribution in [0.1, 0.15) is 63.6 Å². The molecule has 0 unspecified atom stereocenters. The maximum absolute atomic E-state index is 12.4. The first-order valence-corrected chi connectivity index (χ1v) is 9.47. The fourth-order valence-electron chi connectivity index (χ4n) is 4.01. The molecule has 0 aromatic heterocycles. The highest BCUT2D eigenvalue weighted by Crippen LogP contribution is 2.29. The van der Waals surface area contributed by atoms with E-state index >= 15 is 0 Å². The highest BCUT2D eigenvalue weighted by Gasteiger charge is 2.34. The summed E-state index contributed by atoms with van der Waals surface area (Å²) in [6.45, 7) is 0.265. The van der Waals surface area contributed by atoms with Gasteiger partial charge in [-0.3, -0.25) is 19.3 Å². The Morgan fingerprint density at radius 1 is 1.00 bits per heavy atom. The number of rotatable bonds is 5. The average molecular weight is 362 g/mol. The number of hydrogen-bond acceptors (Lipinski definition) is 3. The van der Waals surface area contributed by atoms with Crippen LogP contribution in [0, 0.1) is 0 Å². The van der Waals surface area contributed by atoms with Gasteiger partial charge >= 0.3 is 0 Å². The summed E-state index contributed by atoms with van der Waals surface area (Å²) >= 11 is 0. The minimum Gasteiger partial charge on any atom is -0.349 e. The van der Waals surface area contributed by atoms with Crippen LogP contribution >= 0.6 is 0 Å². The van der Waals surface area contributed by atoms with E-state index in [1.165, 1.54) is 16.0 Å². The molecule has 2 aromatic rings. The molecule has 2 aromatic carbocycles. The van der Waals surface area contributed by atoms with Crippen molar-refractivity contribution >= 4 is 17.7 Å². The van der Waals surface area contributed by atoms with Gasteiger partial charge in [0.25, 0.3) is 11.8 Å². The number of imide groups is 1. The summed E-state index contributed by atoms with van der Waals surface area (Å²) in [7, 11) is 0. The van der Waals surface area contributed by atoms with Gasteiger partial charge in [0.15, 0.2) is 0 Å². The van der Waals surface area contributed by atoms with Crippen molar-refractivity contribution < 1.29 is 14.4 Å². The van der Waals surface area contributed by atoms with Gasteiger partial charge in [-0.05, 0) is 48.9 Å². The van der Waals surface area contributed by atoms with Crippen LogP contribution in [-0.4, -0.2) is 29.2 Å². The molecule has 5 heteroatoms. The van der Waals surface area contributed by atoms with E-state index in [1.54, 1.807) is 24.3 Å². The normalized spacial score (nSPS) is 18.2. The first kappa shape index (κ1) is 17.5. The predicted octanol–water partition coefficient (Wildman–Crippen LogP) is 3.26. The molecule has 0 spiro atoms. The Labute approximate surface area is 158 Å². The number of nitrogens with one attached hydrogen (secondary N) is 1. The van der Waals surface area contributed by atoms with Crippen molar-refractivity contribution in [2.45, 2.75) is 38.1 Å². The van der Waals surface area contributed by atoms with Crippen LogP contribution in [0.4, 0.5) is 0 Å². The van der Waals surface area contributed by atoms with Crippen molar-refractivity contribution in [3.8, 4) is 0 Å². The second-order valence-electron chi connectivity index (χ2n) is 7.12. The summed E-state index contributed by atoms with van der Waals surface area (Å²) in [5.74, 6) is -0.567. The zero-order valence-electron chi connectivity index (χ0n) is 15.1. The second-order valence-corrected chi connectivity index (χ2v) is 7.12. The molecule has 0 fully saturated rings. The lowest BCUT2D eigenvalue weighted by molar-refractivity contribution is -0.122. The van der Waals surface area contributed by atoms with E-state index in [1.807, 2.05) is 12.1 Å². The monoisotopic (exact) mass is 362 g/mol. The summed E-state index contributed by atoms with van der Waals surface area (Å²) in [6.07, 6.45) is 3.83. The molecule has 0 radical (unpaired) electrons. The first-order chi connectivity index (χ1) is 13.1. The van der Waals surface area contributed by atoms with Gasteiger partial charge in [-0.25, -0.2) is 0 Å². The number of hydrogen-bond donors (Lipinski definition) is 1. The number of carbonyl (C=O) groups excluding carboxylic acids is 3. The molecular weight excluding hydrogens is 340 g/mol. The molecule has 1 atom stereocenters. The molecule has 1 N–H and O–H groups in total. The average Bonchev–Trinajstić information content (AvgIpc) is 2.93. The van der Waals surface area contributed by atoms with Crippen LogP contribution in [0.15, 0.2) is 48.5 Å². The molecule has 27 heavy (non-hydrogen) atoms. The van der Waals surface area contributed by atoms with Crippen molar-refractivity contribution in [2.75, 3.05) is 6.54 Å². The standard InChI is InChI=1S/C22H22N2O3/c25-20(23-19-12-5-8-15-7-1-2-9-16(15)19)13-6-14-24-21(26)17-10-3-4-11-18(17)22(24)27/h1-4,7,9-11,19H,5-6,8,12-14H2,(H,23,25)/t19-/m0/s1. The SMILES string of the molecule is O=C(CCCN1C(=O)c2ccccc2C1=O)N[C@H]1CCCc2ccccc21. The Morgan fingerprint density at radius 3 is 2.41 bits per heavy atom. The number of benzene rings is 2. The lowest BCUT2D eigenvalue weighted by Gasteiger charge is -2.26. The fraction of sp³-hybridized carbons (Fsp3) is 0.318. The number of carbonyl (C=O) groups is 3. The predicted molar refractivity (Wildman–Crippen MR) is 101 cm³/mol. The number of aryl methyl sites for hydroxylation is 1. The van der Waals surface area contributed by atoms with Crippen molar-refractivity contribution in [2.24, 2.45) is 0 Å². The third kappa shape index (κ3) is 3.37. The molecule has 3 amide bonds. The second kappa shape index (κ2) is 7.35. The van der Waals surface area contributed by atoms with Crippen LogP contribution in [0.2, 0.25) is 0 Å². The number of fused-ring (bicyclic) bond motifs is 2. The molecule has 0 saturated carbocycles. The van der Waals surface area contributed by atoms with E-state index in [0.29, 0.717) is 24.0 Å². The summed E-state index contributed by atoms with van der Waals surface area (Å²) in [4.78, 5) is 38.3. The maximum Gasteiger partial charge on any atom is 0.261 e. The molecule has 0 bridgehead atoms. The lowest BCUT2D eigenvalue weighted by atomic mass is 9.87. The summed E-state index contributed by atoms with van der Waals surface area (Å²) in [5, 5.41) is 3.11. The maximum atomic E-state index is 12.4. The van der Waals surface area contributed by atoms with Crippen LogP contribution < -0.4 is 5.32 Å². The molecule has 1 heterocycles. The van der Waals surface area contributed by atoms with E-state index in [-0.39, 0.29) is 30.3 Å². The van der Waals surface area contributed by atoms with Gasteiger partial charge in [0.2, 0.25) is 5.91 Å². The van der Waals surface area contributed by atoms with Crippen molar-refractivity contribution in [1.82, 2.24) is 10.2 Å². The number of nitrogens with zero attached hydrogens (tertiary/aromatic N) is 1. The Bertz CT molecular complexity index is 871. The molecule has 4 rings (SSSR count). The first-order valence-electron chi connectivity index (χ1n) is 9.47. The molecule has 138 valence electrons. The van der Waals surface area contributed by atoms with Gasteiger partial charge < -0.3 is 5.32 Å². The number of amides is 3. The molecule has 0 saturated heterocycles. The van der Waals surface area contributed by atoms with E-state index in [9.17, 15) is 14.4 Å². The van der Waals surface area contributed by atoms with E-state index in [0.717, 1.165) is 19.3 Å². The van der Waals surface area contributed by atoms with Crippen molar-refractivity contribution in [1.29, 1.82) is 0 Å². The van der Waals surface area contributed by atoms with Gasteiger partial charge in [0, 0.05) is 13.0 Å². The molecule has 5 nitrogen and oxygen atoms in total. The van der Waals surface area contributed by atoms with Crippen LogP contribution in [0.3, 0.4) is 0 Å². The van der Waals surface area contributed by atoms with Crippen molar-refractivity contribution in [3.05, 3.63) is 70.8 Å². The highest BCUT2D eigenvalue weighted by molar-refractivity contribution is 6.21. The summed E-state index contributed by atoms with van der Waals surface area (Å²) in [5.41, 5.74) is 3.41. The fourth-order valence-corrected chi connectivity index (χ4v) is 4.01. The van der Waals surface area contributed by atoms with Gasteiger partial charge in [-0.15, -0.1) is 0 Å². The van der Waals surface area contributed by atoms with E-state index in [4.69, 9.17) is 0 Å². The molecule has 1 aliphatic carbocycles. The highest BCUT2D eigenvalue weighted by atomic mass is 16.2. The van der Waals surface area contributed by atoms with Gasteiger partial charge in [-0.1, -0.05) is 36.4 Å². The van der Waals surface area contributed by atoms with Gasteiger partial charge in [-0.2, -0.15) is 0 Å². The minimum atomic E-state index is -0.266. The zero-order valence-corrected chi connectivity index (χ0v) is 15.1. The molecule has 2 aliphatic rings. The largest absolute Gasteiger partial charge is 0.349 e. The molecular formula is C22H22N2O3. The van der Waals surface area contributed by atoms with Gasteiger partial charge in [0.05, 0.1) is 17.2 Å². The quantitative estimate of drug-likeness (QED) is 0.830. The molecule has 1 aliphatic heterocycles. The Morgan fingerprint density at radius 2 is 1.67 bits per heavy atom. The lowest BCUT2D eigenvalue weighted by Crippen LogP contribution is -2.33. The smallest absolute Gasteiger partial charge is 0.261 e. The van der Waals surface area contributed by atoms with Crippen LogP contribution in [-0.2, 0) is 11.2 Å². The van der Waals surface area contributed by atoms with Crippen LogP contribution in [0.25, 0.3) is 0 Å². The third-order valence-electron chi connectivity index (χ3n) is 5.37. The Hall–Kier alpha value is -2.95. The zero-order chi connectivity index (χ0) is 18.8. The van der Waals surface area contributed by atoms with E-state index in [2.05, 4.69) is 17.4 Å². The third-order valence-corrected chi connectivity index (χ3v) is 5.37. The summed E-state index contributed by atoms with van der Waals surface area (Å²) < 4.78 is 0. The summed E-state index contributed by atoms with van der Waals surface area (Å²) in [6, 6.07) is 15.1. The Balaban J connectivity index is 1.31.